The monoisotopic (exact) mass is 367 g/mol. The summed E-state index contributed by atoms with van der Waals surface area (Å²) in [5.41, 5.74) is 4.19. The highest BCUT2D eigenvalue weighted by molar-refractivity contribution is 5.89. The number of hydrogen-bond donors (Lipinski definition) is 2. The van der Waals surface area contributed by atoms with Gasteiger partial charge in [0.1, 0.15) is 5.75 Å². The fraction of sp³-hybridized carbons (Fsp3) is 0.333. The summed E-state index contributed by atoms with van der Waals surface area (Å²) in [5.74, 6) is 1.43. The number of rotatable bonds is 6. The molecule has 0 spiro atoms. The molecule has 0 aliphatic carbocycles. The van der Waals surface area contributed by atoms with Gasteiger partial charge < -0.3 is 20.1 Å². The van der Waals surface area contributed by atoms with Crippen molar-refractivity contribution in [3.63, 3.8) is 0 Å². The Balaban J connectivity index is 1.45. The number of fused-ring (bicyclic) bond motifs is 1. The maximum Gasteiger partial charge on any atom is 0.337 e. The van der Waals surface area contributed by atoms with Gasteiger partial charge in [0, 0.05) is 26.6 Å². The van der Waals surface area contributed by atoms with Gasteiger partial charge in [-0.25, -0.2) is 4.79 Å². The van der Waals surface area contributed by atoms with E-state index in [-0.39, 0.29) is 5.97 Å². The summed E-state index contributed by atoms with van der Waals surface area (Å²) in [6.07, 6.45) is 1.91. The van der Waals surface area contributed by atoms with Gasteiger partial charge in [-0.15, -0.1) is 0 Å². The van der Waals surface area contributed by atoms with Gasteiger partial charge in [-0.2, -0.15) is 0 Å². The van der Waals surface area contributed by atoms with E-state index in [1.165, 1.54) is 18.2 Å². The predicted octanol–water partition coefficient (Wildman–Crippen LogP) is 2.32. The Kier molecular flexibility index (Phi) is 6.30. The third-order valence-electron chi connectivity index (χ3n) is 4.52. The molecule has 0 unspecified atom stereocenters. The smallest absolute Gasteiger partial charge is 0.337 e. The van der Waals surface area contributed by atoms with Crippen molar-refractivity contribution in [1.29, 1.82) is 0 Å². The molecule has 2 aromatic carbocycles. The average molecular weight is 367 g/mol. The van der Waals surface area contributed by atoms with Crippen molar-refractivity contribution in [3.05, 3.63) is 64.7 Å². The molecule has 1 aliphatic heterocycles. The van der Waals surface area contributed by atoms with Crippen LogP contribution in [0.1, 0.15) is 27.0 Å². The number of aliphatic imine (C=N–C) groups is 1. The molecule has 0 saturated heterocycles. The molecule has 27 heavy (non-hydrogen) atoms. The van der Waals surface area contributed by atoms with E-state index in [0.717, 1.165) is 43.3 Å². The van der Waals surface area contributed by atoms with E-state index in [2.05, 4.69) is 33.8 Å². The minimum absolute atomic E-state index is 0.329. The van der Waals surface area contributed by atoms with Crippen LogP contribution in [0.25, 0.3) is 0 Å². The quantitative estimate of drug-likeness (QED) is 0.466. The SMILES string of the molecule is CN=C(NCCc1ccc2c(c1)CCO2)NCc1ccc(C(=O)OC)cc1. The number of nitrogens with zero attached hydrogens (tertiary/aromatic N) is 1. The molecule has 0 fully saturated rings. The zero-order chi connectivity index (χ0) is 19.1. The lowest BCUT2D eigenvalue weighted by atomic mass is 10.1. The minimum Gasteiger partial charge on any atom is -0.493 e. The van der Waals surface area contributed by atoms with Crippen LogP contribution >= 0.6 is 0 Å². The predicted molar refractivity (Wildman–Crippen MR) is 105 cm³/mol. The van der Waals surface area contributed by atoms with Crippen molar-refractivity contribution in [2.75, 3.05) is 27.3 Å². The van der Waals surface area contributed by atoms with E-state index in [4.69, 9.17) is 9.47 Å². The molecule has 2 aromatic rings. The van der Waals surface area contributed by atoms with Crippen LogP contribution in [0, 0.1) is 0 Å². The molecule has 0 bridgehead atoms. The zero-order valence-electron chi connectivity index (χ0n) is 15.7. The molecule has 142 valence electrons. The van der Waals surface area contributed by atoms with Crippen LogP contribution in [-0.2, 0) is 24.1 Å². The Bertz CT molecular complexity index is 816. The second-order valence-electron chi connectivity index (χ2n) is 6.33. The number of carbonyl (C=O) groups is 1. The van der Waals surface area contributed by atoms with Crippen LogP contribution < -0.4 is 15.4 Å². The third-order valence-corrected chi connectivity index (χ3v) is 4.52. The van der Waals surface area contributed by atoms with Gasteiger partial charge in [-0.1, -0.05) is 24.3 Å². The molecule has 0 atom stereocenters. The van der Waals surface area contributed by atoms with E-state index in [9.17, 15) is 4.79 Å². The number of hydrogen-bond acceptors (Lipinski definition) is 4. The number of benzene rings is 2. The molecule has 6 heteroatoms. The Morgan fingerprint density at radius 3 is 2.67 bits per heavy atom. The molecule has 3 rings (SSSR count). The second kappa shape index (κ2) is 9.07. The number of guanidine groups is 1. The Labute approximate surface area is 159 Å². The summed E-state index contributed by atoms with van der Waals surface area (Å²) < 4.78 is 10.3. The molecule has 0 aromatic heterocycles. The van der Waals surface area contributed by atoms with Crippen molar-refractivity contribution in [2.24, 2.45) is 4.99 Å². The summed E-state index contributed by atoms with van der Waals surface area (Å²) in [7, 11) is 3.13. The van der Waals surface area contributed by atoms with Gasteiger partial charge in [0.15, 0.2) is 5.96 Å². The summed E-state index contributed by atoms with van der Waals surface area (Å²) in [6.45, 7) is 2.20. The highest BCUT2D eigenvalue weighted by Crippen LogP contribution is 2.25. The average Bonchev–Trinajstić information content (AvgIpc) is 3.18. The first-order valence-electron chi connectivity index (χ1n) is 9.06. The zero-order valence-corrected chi connectivity index (χ0v) is 15.7. The standard InChI is InChI=1S/C21H25N3O3/c1-22-21(24-14-16-3-6-17(7-4-16)20(25)26-2)23-11-9-15-5-8-19-18(13-15)10-12-27-19/h3-8,13H,9-12,14H2,1-2H3,(H2,22,23,24). The van der Waals surface area contributed by atoms with Crippen molar-refractivity contribution >= 4 is 11.9 Å². The van der Waals surface area contributed by atoms with Crippen LogP contribution in [0.15, 0.2) is 47.5 Å². The number of esters is 1. The molecule has 0 saturated carbocycles. The lowest BCUT2D eigenvalue weighted by Gasteiger charge is -2.12. The second-order valence-corrected chi connectivity index (χ2v) is 6.33. The summed E-state index contributed by atoms with van der Waals surface area (Å²) in [5, 5.41) is 6.61. The van der Waals surface area contributed by atoms with Crippen LogP contribution in [-0.4, -0.2) is 39.2 Å². The number of carbonyl (C=O) groups excluding carboxylic acids is 1. The summed E-state index contributed by atoms with van der Waals surface area (Å²) in [6, 6.07) is 13.7. The molecule has 0 radical (unpaired) electrons. The first-order valence-corrected chi connectivity index (χ1v) is 9.06. The van der Waals surface area contributed by atoms with E-state index in [0.29, 0.717) is 12.1 Å². The molecule has 1 aliphatic rings. The van der Waals surface area contributed by atoms with Gasteiger partial charge in [0.2, 0.25) is 0 Å². The topological polar surface area (TPSA) is 72.0 Å². The van der Waals surface area contributed by atoms with Gasteiger partial charge in [-0.05, 0) is 41.3 Å². The molecule has 2 N–H and O–H groups in total. The van der Waals surface area contributed by atoms with Gasteiger partial charge >= 0.3 is 5.97 Å². The lowest BCUT2D eigenvalue weighted by molar-refractivity contribution is 0.0600. The van der Waals surface area contributed by atoms with E-state index < -0.39 is 0 Å². The lowest BCUT2D eigenvalue weighted by Crippen LogP contribution is -2.37. The van der Waals surface area contributed by atoms with Crippen molar-refractivity contribution < 1.29 is 14.3 Å². The fourth-order valence-electron chi connectivity index (χ4n) is 3.00. The highest BCUT2D eigenvalue weighted by atomic mass is 16.5. The molecule has 1 heterocycles. The number of methoxy groups -OCH3 is 1. The van der Waals surface area contributed by atoms with Crippen LogP contribution in [0.4, 0.5) is 0 Å². The van der Waals surface area contributed by atoms with Gasteiger partial charge in [0.25, 0.3) is 0 Å². The Hall–Kier alpha value is -3.02. The largest absolute Gasteiger partial charge is 0.493 e. The third kappa shape index (κ3) is 5.00. The van der Waals surface area contributed by atoms with E-state index >= 15 is 0 Å². The summed E-state index contributed by atoms with van der Waals surface area (Å²) >= 11 is 0. The minimum atomic E-state index is -0.329. The van der Waals surface area contributed by atoms with Crippen molar-refractivity contribution in [2.45, 2.75) is 19.4 Å². The van der Waals surface area contributed by atoms with Crippen molar-refractivity contribution in [1.82, 2.24) is 10.6 Å². The molecule has 6 nitrogen and oxygen atoms in total. The highest BCUT2D eigenvalue weighted by Gasteiger charge is 2.11. The molecular weight excluding hydrogens is 342 g/mol. The molecule has 0 amide bonds. The first-order chi connectivity index (χ1) is 13.2. The summed E-state index contributed by atoms with van der Waals surface area (Å²) in [4.78, 5) is 15.7. The van der Waals surface area contributed by atoms with Crippen LogP contribution in [0.2, 0.25) is 0 Å². The number of ether oxygens (including phenoxy) is 2. The fourth-order valence-corrected chi connectivity index (χ4v) is 3.00. The normalized spacial score (nSPS) is 12.9. The first kappa shape index (κ1) is 18.8. The maximum absolute atomic E-state index is 11.5. The molecular formula is C21H25N3O3. The maximum atomic E-state index is 11.5. The van der Waals surface area contributed by atoms with E-state index in [1.807, 2.05) is 12.1 Å². The Morgan fingerprint density at radius 2 is 1.93 bits per heavy atom. The van der Waals surface area contributed by atoms with Gasteiger partial charge in [0.05, 0.1) is 19.3 Å². The number of nitrogens with one attached hydrogen (secondary N) is 2. The van der Waals surface area contributed by atoms with Crippen LogP contribution in [0.3, 0.4) is 0 Å². The van der Waals surface area contributed by atoms with E-state index in [1.54, 1.807) is 19.2 Å². The van der Waals surface area contributed by atoms with Gasteiger partial charge in [-0.3, -0.25) is 4.99 Å². The Morgan fingerprint density at radius 1 is 1.15 bits per heavy atom. The van der Waals surface area contributed by atoms with Crippen LogP contribution in [0.5, 0.6) is 5.75 Å². The van der Waals surface area contributed by atoms with Crippen molar-refractivity contribution in [3.8, 4) is 5.75 Å².